The zero-order valence-electron chi connectivity index (χ0n) is 13.4. The van der Waals surface area contributed by atoms with Gasteiger partial charge >= 0.3 is 0 Å². The van der Waals surface area contributed by atoms with Gasteiger partial charge in [0, 0.05) is 23.5 Å². The Hall–Kier alpha value is -1.73. The molecule has 0 spiro atoms. The Labute approximate surface area is 149 Å². The van der Waals surface area contributed by atoms with E-state index in [1.165, 1.54) is 0 Å². The molecule has 1 aliphatic heterocycles. The molecule has 7 heteroatoms. The van der Waals surface area contributed by atoms with Crippen LogP contribution in [0.1, 0.15) is 41.4 Å². The molecule has 2 fully saturated rings. The Morgan fingerprint density at radius 2 is 2.00 bits per heavy atom. The molecule has 1 unspecified atom stereocenters. The zero-order valence-corrected chi connectivity index (χ0v) is 14.9. The molecule has 6 nitrogen and oxygen atoms in total. The summed E-state index contributed by atoms with van der Waals surface area (Å²) in [5.41, 5.74) is 8.15. The molecule has 0 radical (unpaired) electrons. The Morgan fingerprint density at radius 3 is 2.62 bits per heavy atom. The largest absolute Gasteiger partial charge is 0.337 e. The van der Waals surface area contributed by atoms with Gasteiger partial charge in [-0.2, -0.15) is 0 Å². The number of amides is 1. The van der Waals surface area contributed by atoms with E-state index in [2.05, 4.69) is 26.2 Å². The Bertz CT molecular complexity index is 753. The second kappa shape index (κ2) is 6.29. The van der Waals surface area contributed by atoms with E-state index in [4.69, 9.17) is 5.73 Å². The van der Waals surface area contributed by atoms with E-state index >= 15 is 0 Å². The van der Waals surface area contributed by atoms with Crippen molar-refractivity contribution in [3.8, 4) is 5.69 Å². The van der Waals surface area contributed by atoms with Crippen molar-refractivity contribution in [1.82, 2.24) is 19.9 Å². The summed E-state index contributed by atoms with van der Waals surface area (Å²) in [6.07, 6.45) is 3.16. The molecule has 1 amide bonds. The number of carbonyl (C=O) groups is 1. The maximum absolute atomic E-state index is 12.9. The number of aromatic nitrogens is 3. The van der Waals surface area contributed by atoms with Crippen molar-refractivity contribution in [3.63, 3.8) is 0 Å². The van der Waals surface area contributed by atoms with Crippen LogP contribution in [-0.4, -0.2) is 45.4 Å². The predicted molar refractivity (Wildman–Crippen MR) is 94.1 cm³/mol. The molecule has 2 heterocycles. The number of halogens is 1. The first-order valence-corrected chi connectivity index (χ1v) is 9.17. The van der Waals surface area contributed by atoms with Gasteiger partial charge in [-0.05, 0) is 56.0 Å². The molecule has 1 saturated heterocycles. The van der Waals surface area contributed by atoms with Crippen LogP contribution in [0.3, 0.4) is 0 Å². The van der Waals surface area contributed by atoms with Crippen LogP contribution in [0.2, 0.25) is 0 Å². The number of nitrogens with zero attached hydrogens (tertiary/aromatic N) is 4. The SMILES string of the molecule is NCC1CCN(C(=O)c2nnn(-c3ccc(Br)cc3)c2C2CC2)C1. The molecule has 2 aromatic rings. The van der Waals surface area contributed by atoms with Crippen molar-refractivity contribution >= 4 is 21.8 Å². The minimum atomic E-state index is -0.00351. The van der Waals surface area contributed by atoms with E-state index in [-0.39, 0.29) is 5.91 Å². The van der Waals surface area contributed by atoms with Crippen molar-refractivity contribution in [1.29, 1.82) is 0 Å². The number of carbonyl (C=O) groups excluding carboxylic acids is 1. The third-order valence-corrected chi connectivity index (χ3v) is 5.38. The molecule has 1 saturated carbocycles. The van der Waals surface area contributed by atoms with Gasteiger partial charge in [-0.15, -0.1) is 5.10 Å². The number of nitrogens with two attached hydrogens (primary N) is 1. The van der Waals surface area contributed by atoms with Crippen molar-refractivity contribution in [2.24, 2.45) is 11.7 Å². The van der Waals surface area contributed by atoms with Crippen LogP contribution in [-0.2, 0) is 0 Å². The van der Waals surface area contributed by atoms with Crippen LogP contribution < -0.4 is 5.73 Å². The Balaban J connectivity index is 1.67. The molecule has 2 N–H and O–H groups in total. The van der Waals surface area contributed by atoms with Crippen LogP contribution >= 0.6 is 15.9 Å². The quantitative estimate of drug-likeness (QED) is 0.870. The lowest BCUT2D eigenvalue weighted by Crippen LogP contribution is -2.31. The highest BCUT2D eigenvalue weighted by atomic mass is 79.9. The zero-order chi connectivity index (χ0) is 16.7. The van der Waals surface area contributed by atoms with Gasteiger partial charge in [0.25, 0.3) is 5.91 Å². The summed E-state index contributed by atoms with van der Waals surface area (Å²) < 4.78 is 2.84. The van der Waals surface area contributed by atoms with Gasteiger partial charge in [-0.25, -0.2) is 4.68 Å². The molecule has 1 aromatic carbocycles. The van der Waals surface area contributed by atoms with Crippen LogP contribution in [0.15, 0.2) is 28.7 Å². The standard InChI is InChI=1S/C17H20BrN5O/c18-13-3-5-14(6-4-13)23-16(12-1-2-12)15(20-21-23)17(24)22-8-7-11(9-19)10-22/h3-6,11-12H,1-2,7-10,19H2. The molecule has 1 atom stereocenters. The first-order valence-electron chi connectivity index (χ1n) is 8.38. The molecule has 1 aliphatic carbocycles. The van der Waals surface area contributed by atoms with Gasteiger partial charge in [0.2, 0.25) is 0 Å². The molecular formula is C17H20BrN5O. The van der Waals surface area contributed by atoms with Crippen molar-refractivity contribution < 1.29 is 4.79 Å². The summed E-state index contributed by atoms with van der Waals surface area (Å²) in [6, 6.07) is 7.92. The summed E-state index contributed by atoms with van der Waals surface area (Å²) >= 11 is 3.45. The molecule has 4 rings (SSSR count). The maximum Gasteiger partial charge on any atom is 0.276 e. The van der Waals surface area contributed by atoms with Crippen LogP contribution in [0, 0.1) is 5.92 Å². The number of benzene rings is 1. The third-order valence-electron chi connectivity index (χ3n) is 4.85. The first kappa shape index (κ1) is 15.8. The summed E-state index contributed by atoms with van der Waals surface area (Å²) in [5, 5.41) is 8.54. The third kappa shape index (κ3) is 2.86. The smallest absolute Gasteiger partial charge is 0.276 e. The van der Waals surface area contributed by atoms with Gasteiger partial charge in [-0.3, -0.25) is 4.79 Å². The fraction of sp³-hybridized carbons (Fsp3) is 0.471. The van der Waals surface area contributed by atoms with E-state index in [9.17, 15) is 4.79 Å². The van der Waals surface area contributed by atoms with Crippen LogP contribution in [0.5, 0.6) is 0 Å². The first-order chi connectivity index (χ1) is 11.7. The average molecular weight is 390 g/mol. The van der Waals surface area contributed by atoms with E-state index in [0.29, 0.717) is 24.1 Å². The molecule has 2 aliphatic rings. The molecule has 1 aromatic heterocycles. The van der Waals surface area contributed by atoms with Gasteiger partial charge in [0.15, 0.2) is 5.69 Å². The van der Waals surface area contributed by atoms with E-state index in [1.54, 1.807) is 0 Å². The number of likely N-dealkylation sites (tertiary alicyclic amines) is 1. The second-order valence-corrected chi connectivity index (χ2v) is 7.54. The lowest BCUT2D eigenvalue weighted by Gasteiger charge is -2.15. The fourth-order valence-electron chi connectivity index (χ4n) is 3.30. The molecule has 0 bridgehead atoms. The topological polar surface area (TPSA) is 77.0 Å². The van der Waals surface area contributed by atoms with Crippen molar-refractivity contribution in [2.75, 3.05) is 19.6 Å². The lowest BCUT2D eigenvalue weighted by molar-refractivity contribution is 0.0780. The molecule has 24 heavy (non-hydrogen) atoms. The highest BCUT2D eigenvalue weighted by molar-refractivity contribution is 9.10. The minimum Gasteiger partial charge on any atom is -0.337 e. The number of rotatable bonds is 4. The van der Waals surface area contributed by atoms with Crippen molar-refractivity contribution in [3.05, 3.63) is 40.1 Å². The Kier molecular flexibility index (Phi) is 4.14. The van der Waals surface area contributed by atoms with Gasteiger partial charge < -0.3 is 10.6 Å². The predicted octanol–water partition coefficient (Wildman–Crippen LogP) is 2.33. The highest BCUT2D eigenvalue weighted by Crippen LogP contribution is 2.42. The van der Waals surface area contributed by atoms with Gasteiger partial charge in [-0.1, -0.05) is 21.1 Å². The van der Waals surface area contributed by atoms with Gasteiger partial charge in [0.05, 0.1) is 11.4 Å². The summed E-state index contributed by atoms with van der Waals surface area (Å²) in [4.78, 5) is 14.8. The van der Waals surface area contributed by atoms with Gasteiger partial charge in [0.1, 0.15) is 0 Å². The van der Waals surface area contributed by atoms with E-state index < -0.39 is 0 Å². The van der Waals surface area contributed by atoms with Crippen LogP contribution in [0.25, 0.3) is 5.69 Å². The number of hydrogen-bond acceptors (Lipinski definition) is 4. The summed E-state index contributed by atoms with van der Waals surface area (Å²) in [6.45, 7) is 2.12. The number of hydrogen-bond donors (Lipinski definition) is 1. The second-order valence-electron chi connectivity index (χ2n) is 6.63. The minimum absolute atomic E-state index is 0.00351. The summed E-state index contributed by atoms with van der Waals surface area (Å²) in [5.74, 6) is 0.784. The van der Waals surface area contributed by atoms with E-state index in [0.717, 1.165) is 48.2 Å². The normalized spacial score (nSPS) is 20.6. The van der Waals surface area contributed by atoms with E-state index in [1.807, 2.05) is 33.8 Å². The highest BCUT2D eigenvalue weighted by Gasteiger charge is 2.37. The lowest BCUT2D eigenvalue weighted by atomic mass is 10.1. The summed E-state index contributed by atoms with van der Waals surface area (Å²) in [7, 11) is 0. The maximum atomic E-state index is 12.9. The van der Waals surface area contributed by atoms with Crippen molar-refractivity contribution in [2.45, 2.75) is 25.2 Å². The monoisotopic (exact) mass is 389 g/mol. The molecule has 126 valence electrons. The molecular weight excluding hydrogens is 370 g/mol. The average Bonchev–Trinajstić information content (AvgIpc) is 3.16. The fourth-order valence-corrected chi connectivity index (χ4v) is 3.56. The Morgan fingerprint density at radius 1 is 1.25 bits per heavy atom. The van der Waals surface area contributed by atoms with Crippen LogP contribution in [0.4, 0.5) is 0 Å².